The van der Waals surface area contributed by atoms with E-state index in [0.29, 0.717) is 0 Å². The van der Waals surface area contributed by atoms with Crippen molar-refractivity contribution in [1.82, 2.24) is 0 Å². The molecule has 0 saturated heterocycles. The van der Waals surface area contributed by atoms with Crippen molar-refractivity contribution in [1.29, 1.82) is 0 Å². The maximum Gasteiger partial charge on any atom is 0.0715 e. The predicted octanol–water partition coefficient (Wildman–Crippen LogP) is 0.148. The zero-order chi connectivity index (χ0) is 20.1. The molecule has 0 unspecified atom stereocenters. The van der Waals surface area contributed by atoms with Crippen molar-refractivity contribution in [3.05, 3.63) is 108 Å². The molecule has 7 heteroatoms. The summed E-state index contributed by atoms with van der Waals surface area (Å²) in [5.74, 6) is -3.39. The number of hydrogen-bond donors (Lipinski definition) is 0. The molecular formula is C21H15O6V-3. The number of rotatable bonds is 3. The summed E-state index contributed by atoms with van der Waals surface area (Å²) in [7, 11) is 0. The van der Waals surface area contributed by atoms with Gasteiger partial charge in [0.05, 0.1) is 17.9 Å². The Labute approximate surface area is 174 Å². The molecule has 0 heterocycles. The van der Waals surface area contributed by atoms with Gasteiger partial charge in [0.25, 0.3) is 0 Å². The van der Waals surface area contributed by atoms with Crippen molar-refractivity contribution in [2.45, 2.75) is 0 Å². The summed E-state index contributed by atoms with van der Waals surface area (Å²) in [4.78, 5) is 30.3. The molecule has 6 nitrogen and oxygen atoms in total. The Kier molecular flexibility index (Phi) is 12.2. The number of carboxylic acids is 3. The standard InChI is InChI=1S/3C7H6O2.V/c3*8-7(9)6-4-2-1-3-5-6;/h3*1-5H,(H,8,9);/p-3. The molecule has 0 fully saturated rings. The fourth-order valence-corrected chi connectivity index (χ4v) is 1.72. The van der Waals surface area contributed by atoms with Crippen LogP contribution in [0.5, 0.6) is 0 Å². The van der Waals surface area contributed by atoms with Crippen LogP contribution < -0.4 is 15.3 Å². The molecule has 3 rings (SSSR count). The molecule has 0 aliphatic heterocycles. The van der Waals surface area contributed by atoms with E-state index >= 15 is 0 Å². The van der Waals surface area contributed by atoms with Gasteiger partial charge in [-0.1, -0.05) is 91.0 Å². The predicted molar refractivity (Wildman–Crippen MR) is 92.3 cm³/mol. The molecule has 0 aliphatic carbocycles. The molecule has 0 atom stereocenters. The minimum absolute atomic E-state index is 0. The second kappa shape index (κ2) is 13.8. The van der Waals surface area contributed by atoms with Crippen molar-refractivity contribution in [3.63, 3.8) is 0 Å². The summed E-state index contributed by atoms with van der Waals surface area (Å²) in [5, 5.41) is 30.3. The van der Waals surface area contributed by atoms with Gasteiger partial charge in [0.1, 0.15) is 0 Å². The van der Waals surface area contributed by atoms with E-state index in [9.17, 15) is 29.7 Å². The van der Waals surface area contributed by atoms with E-state index in [4.69, 9.17) is 0 Å². The average Bonchev–Trinajstić information content (AvgIpc) is 2.71. The van der Waals surface area contributed by atoms with E-state index in [-0.39, 0.29) is 35.2 Å². The van der Waals surface area contributed by atoms with E-state index in [0.717, 1.165) is 0 Å². The zero-order valence-electron chi connectivity index (χ0n) is 14.6. The van der Waals surface area contributed by atoms with Gasteiger partial charge in [0.2, 0.25) is 0 Å². The zero-order valence-corrected chi connectivity index (χ0v) is 16.0. The molecule has 143 valence electrons. The van der Waals surface area contributed by atoms with Crippen molar-refractivity contribution in [2.24, 2.45) is 0 Å². The Morgan fingerprint density at radius 2 is 0.607 bits per heavy atom. The minimum Gasteiger partial charge on any atom is -0.545 e. The third-order valence-electron chi connectivity index (χ3n) is 3.03. The summed E-state index contributed by atoms with van der Waals surface area (Å²) in [6, 6.07) is 24.2. The minimum atomic E-state index is -1.13. The number of carbonyl (C=O) groups excluding carboxylic acids is 3. The molecule has 0 aliphatic rings. The van der Waals surface area contributed by atoms with E-state index in [1.54, 1.807) is 54.6 Å². The topological polar surface area (TPSA) is 120 Å². The van der Waals surface area contributed by atoms with Crippen LogP contribution in [0.25, 0.3) is 0 Å². The number of hydrogen-bond acceptors (Lipinski definition) is 6. The summed E-state index contributed by atoms with van der Waals surface area (Å²) in [6.45, 7) is 0. The monoisotopic (exact) mass is 414 g/mol. The van der Waals surface area contributed by atoms with E-state index in [1.165, 1.54) is 36.4 Å². The van der Waals surface area contributed by atoms with Gasteiger partial charge in [-0.15, -0.1) is 0 Å². The van der Waals surface area contributed by atoms with Gasteiger partial charge >= 0.3 is 0 Å². The molecule has 0 bridgehead atoms. The van der Waals surface area contributed by atoms with Crippen LogP contribution in [0.15, 0.2) is 91.0 Å². The maximum absolute atomic E-state index is 10.1. The van der Waals surface area contributed by atoms with Gasteiger partial charge in [-0.2, -0.15) is 0 Å². The molecule has 0 saturated carbocycles. The van der Waals surface area contributed by atoms with Crippen molar-refractivity contribution >= 4 is 17.9 Å². The van der Waals surface area contributed by atoms with Gasteiger partial charge in [-0.25, -0.2) is 0 Å². The van der Waals surface area contributed by atoms with Gasteiger partial charge in [0.15, 0.2) is 0 Å². The molecule has 3 aromatic carbocycles. The van der Waals surface area contributed by atoms with Crippen LogP contribution in [-0.2, 0) is 18.6 Å². The van der Waals surface area contributed by atoms with Crippen LogP contribution in [0.2, 0.25) is 0 Å². The van der Waals surface area contributed by atoms with Gasteiger partial charge < -0.3 is 29.7 Å². The smallest absolute Gasteiger partial charge is 0.0715 e. The van der Waals surface area contributed by atoms with Crippen LogP contribution in [0.4, 0.5) is 0 Å². The van der Waals surface area contributed by atoms with E-state index in [2.05, 4.69) is 0 Å². The average molecular weight is 414 g/mol. The molecule has 0 aromatic heterocycles. The first-order valence-electron chi connectivity index (χ1n) is 7.71. The van der Waals surface area contributed by atoms with Crippen molar-refractivity contribution in [2.75, 3.05) is 0 Å². The molecule has 3 aromatic rings. The van der Waals surface area contributed by atoms with Crippen LogP contribution in [0.1, 0.15) is 31.1 Å². The fraction of sp³-hybridized carbons (Fsp3) is 0. The number of benzene rings is 3. The molecule has 0 spiro atoms. The Morgan fingerprint density at radius 3 is 0.714 bits per heavy atom. The van der Waals surface area contributed by atoms with Crippen molar-refractivity contribution < 1.29 is 48.3 Å². The normalized spacial score (nSPS) is 8.57. The SMILES string of the molecule is O=C([O-])c1ccccc1.O=C([O-])c1ccccc1.O=C([O-])c1ccccc1.[V]. The largest absolute Gasteiger partial charge is 0.545 e. The maximum atomic E-state index is 10.1. The third kappa shape index (κ3) is 9.96. The van der Waals surface area contributed by atoms with Crippen LogP contribution in [-0.4, -0.2) is 17.9 Å². The van der Waals surface area contributed by atoms with Gasteiger partial charge in [0, 0.05) is 18.6 Å². The fourth-order valence-electron chi connectivity index (χ4n) is 1.72. The van der Waals surface area contributed by atoms with Crippen LogP contribution in [0, 0.1) is 0 Å². The Morgan fingerprint density at radius 1 is 0.429 bits per heavy atom. The molecule has 0 N–H and O–H groups in total. The third-order valence-corrected chi connectivity index (χ3v) is 3.03. The molecule has 1 radical (unpaired) electrons. The van der Waals surface area contributed by atoms with Gasteiger partial charge in [-0.05, 0) is 16.7 Å². The van der Waals surface area contributed by atoms with Crippen LogP contribution in [0.3, 0.4) is 0 Å². The Balaban J connectivity index is 0.000000384. The first kappa shape index (κ1) is 24.7. The summed E-state index contributed by atoms with van der Waals surface area (Å²) in [6.07, 6.45) is 0. The molecular weight excluding hydrogens is 399 g/mol. The second-order valence-corrected chi connectivity index (χ2v) is 4.96. The summed E-state index contributed by atoms with van der Waals surface area (Å²) >= 11 is 0. The first-order valence-corrected chi connectivity index (χ1v) is 7.71. The van der Waals surface area contributed by atoms with E-state index < -0.39 is 17.9 Å². The first-order chi connectivity index (χ1) is 12.9. The quantitative estimate of drug-likeness (QED) is 0.602. The van der Waals surface area contributed by atoms with E-state index in [1.807, 2.05) is 0 Å². The molecule has 28 heavy (non-hydrogen) atoms. The van der Waals surface area contributed by atoms with Gasteiger partial charge in [-0.3, -0.25) is 0 Å². The Bertz CT molecular complexity index is 734. The number of carboxylic acid groups (broad SMARTS) is 3. The number of carbonyl (C=O) groups is 3. The Hall–Kier alpha value is -3.35. The second-order valence-electron chi connectivity index (χ2n) is 4.96. The summed E-state index contributed by atoms with van der Waals surface area (Å²) < 4.78 is 0. The van der Waals surface area contributed by atoms with Crippen LogP contribution >= 0.6 is 0 Å². The molecule has 0 amide bonds. The number of aromatic carboxylic acids is 3. The van der Waals surface area contributed by atoms with Crippen molar-refractivity contribution in [3.8, 4) is 0 Å². The summed E-state index contributed by atoms with van der Waals surface area (Å²) in [5.41, 5.74) is 0.660.